The van der Waals surface area contributed by atoms with Crippen LogP contribution in [0.1, 0.15) is 92.7 Å². The zero-order valence-electron chi connectivity index (χ0n) is 16.1. The zero-order chi connectivity index (χ0) is 16.8. The molecule has 0 N–H and O–H groups in total. The van der Waals surface area contributed by atoms with Gasteiger partial charge in [-0.05, 0) is 18.9 Å². The molecular weight excluding hydrogens is 240 g/mol. The molecule has 0 aliphatic carbocycles. The highest BCUT2D eigenvalue weighted by atomic mass is 13.9. The first-order valence-electron chi connectivity index (χ1n) is 8.80. The van der Waals surface area contributed by atoms with Crippen LogP contribution in [-0.4, -0.2) is 0 Å². The second-order valence-corrected chi connectivity index (χ2v) is 3.74. The van der Waals surface area contributed by atoms with Crippen molar-refractivity contribution in [3.05, 3.63) is 35.4 Å². The van der Waals surface area contributed by atoms with Crippen LogP contribution in [0.3, 0.4) is 0 Å². The highest BCUT2D eigenvalue weighted by Gasteiger charge is 1.88. The quantitative estimate of drug-likeness (QED) is 0.530. The molecule has 0 aliphatic rings. The molecule has 1 rings (SSSR count). The summed E-state index contributed by atoms with van der Waals surface area (Å²) >= 11 is 0. The van der Waals surface area contributed by atoms with Gasteiger partial charge in [-0.25, -0.2) is 0 Å². The van der Waals surface area contributed by atoms with Crippen molar-refractivity contribution in [2.75, 3.05) is 0 Å². The van der Waals surface area contributed by atoms with E-state index in [4.69, 9.17) is 0 Å². The van der Waals surface area contributed by atoms with Gasteiger partial charge in [0.05, 0.1) is 0 Å². The summed E-state index contributed by atoms with van der Waals surface area (Å²) in [6.07, 6.45) is 5.09. The van der Waals surface area contributed by atoms with Crippen molar-refractivity contribution in [2.24, 2.45) is 0 Å². The Bertz CT molecular complexity index is 223. The van der Waals surface area contributed by atoms with E-state index < -0.39 is 0 Å². The first-order chi connectivity index (χ1) is 9.74. The van der Waals surface area contributed by atoms with Gasteiger partial charge >= 0.3 is 0 Å². The minimum atomic E-state index is 1.21. The van der Waals surface area contributed by atoms with Crippen LogP contribution in [0.25, 0.3) is 0 Å². The van der Waals surface area contributed by atoms with Crippen LogP contribution < -0.4 is 0 Å². The van der Waals surface area contributed by atoms with Crippen LogP contribution in [0.5, 0.6) is 0 Å². The molecule has 0 heteroatoms. The predicted octanol–water partition coefficient (Wildman–Crippen LogP) is 7.83. The molecule has 0 unspecified atom stereocenters. The summed E-state index contributed by atoms with van der Waals surface area (Å²) in [6, 6.07) is 8.71. The van der Waals surface area contributed by atoms with Crippen molar-refractivity contribution in [1.29, 1.82) is 0 Å². The Hall–Kier alpha value is -0.780. The van der Waals surface area contributed by atoms with E-state index in [-0.39, 0.29) is 0 Å². The lowest BCUT2D eigenvalue weighted by atomic mass is 10.1. The molecule has 1 aromatic carbocycles. The predicted molar refractivity (Wildman–Crippen MR) is 99.8 cm³/mol. The first kappa shape index (κ1) is 27.5. The van der Waals surface area contributed by atoms with E-state index in [2.05, 4.69) is 52.0 Å². The maximum absolute atomic E-state index is 2.25. The SMILES string of the molecule is CC.CC.CC.CCCC.CCCc1cccc(C)c1. The molecule has 0 bridgehead atoms. The van der Waals surface area contributed by atoms with E-state index in [1.165, 1.54) is 36.8 Å². The third-order valence-corrected chi connectivity index (χ3v) is 2.12. The number of hydrogen-bond donors (Lipinski definition) is 0. The molecule has 0 amide bonds. The van der Waals surface area contributed by atoms with E-state index in [0.717, 1.165) is 0 Å². The van der Waals surface area contributed by atoms with Crippen LogP contribution in [0, 0.1) is 6.92 Å². The van der Waals surface area contributed by atoms with Gasteiger partial charge in [0.2, 0.25) is 0 Å². The normalized spacial score (nSPS) is 7.30. The van der Waals surface area contributed by atoms with Gasteiger partial charge < -0.3 is 0 Å². The fourth-order valence-corrected chi connectivity index (χ4v) is 1.16. The molecule has 0 aliphatic heterocycles. The summed E-state index contributed by atoms with van der Waals surface area (Å²) in [5.74, 6) is 0. The van der Waals surface area contributed by atoms with Gasteiger partial charge in [-0.3, -0.25) is 0 Å². The highest BCUT2D eigenvalue weighted by molar-refractivity contribution is 5.21. The molecule has 20 heavy (non-hydrogen) atoms. The average molecular weight is 283 g/mol. The number of hydrogen-bond acceptors (Lipinski definition) is 0. The van der Waals surface area contributed by atoms with Crippen LogP contribution in [0.15, 0.2) is 24.3 Å². The standard InChI is InChI=1S/C10H14.C4H10.3C2H6/c1-3-5-10-7-4-6-9(2)8-10;1-3-4-2;3*1-2/h4,6-8H,3,5H2,1-2H3;3-4H2,1-2H3;3*1-2H3. The Morgan fingerprint density at radius 2 is 1.15 bits per heavy atom. The van der Waals surface area contributed by atoms with Gasteiger partial charge in [0.15, 0.2) is 0 Å². The van der Waals surface area contributed by atoms with Crippen LogP contribution >= 0.6 is 0 Å². The molecular formula is C20H42. The molecule has 0 heterocycles. The molecule has 0 radical (unpaired) electrons. The molecule has 0 spiro atoms. The zero-order valence-corrected chi connectivity index (χ0v) is 16.1. The van der Waals surface area contributed by atoms with Crippen molar-refractivity contribution in [2.45, 2.75) is 94.9 Å². The van der Waals surface area contributed by atoms with Crippen molar-refractivity contribution >= 4 is 0 Å². The molecule has 0 saturated carbocycles. The smallest absolute Gasteiger partial charge is 0.0281 e. The molecule has 0 aromatic heterocycles. The van der Waals surface area contributed by atoms with Crippen LogP contribution in [0.4, 0.5) is 0 Å². The summed E-state index contributed by atoms with van der Waals surface area (Å²) < 4.78 is 0. The summed E-state index contributed by atoms with van der Waals surface area (Å²) in [5, 5.41) is 0. The van der Waals surface area contributed by atoms with Gasteiger partial charge in [-0.2, -0.15) is 0 Å². The van der Waals surface area contributed by atoms with E-state index in [1.54, 1.807) is 0 Å². The molecule has 0 atom stereocenters. The lowest BCUT2D eigenvalue weighted by Gasteiger charge is -1.97. The highest BCUT2D eigenvalue weighted by Crippen LogP contribution is 2.05. The Morgan fingerprint density at radius 1 is 0.700 bits per heavy atom. The third kappa shape index (κ3) is 25.9. The molecule has 0 saturated heterocycles. The largest absolute Gasteiger partial charge is 0.0683 e. The number of benzene rings is 1. The van der Waals surface area contributed by atoms with Crippen LogP contribution in [0.2, 0.25) is 0 Å². The van der Waals surface area contributed by atoms with Gasteiger partial charge in [0.25, 0.3) is 0 Å². The van der Waals surface area contributed by atoms with E-state index in [0.29, 0.717) is 0 Å². The summed E-state index contributed by atoms with van der Waals surface area (Å²) in [5.41, 5.74) is 2.83. The second-order valence-electron chi connectivity index (χ2n) is 3.74. The van der Waals surface area contributed by atoms with Gasteiger partial charge in [0, 0.05) is 0 Å². The minimum absolute atomic E-state index is 1.21. The van der Waals surface area contributed by atoms with Gasteiger partial charge in [-0.15, -0.1) is 0 Å². The van der Waals surface area contributed by atoms with Crippen molar-refractivity contribution in [1.82, 2.24) is 0 Å². The maximum Gasteiger partial charge on any atom is -0.0281 e. The summed E-state index contributed by atoms with van der Waals surface area (Å²) in [7, 11) is 0. The van der Waals surface area contributed by atoms with Crippen molar-refractivity contribution < 1.29 is 0 Å². The Balaban J connectivity index is -0.000000108. The number of aryl methyl sites for hydroxylation is 2. The second kappa shape index (κ2) is 30.9. The fraction of sp³-hybridized carbons (Fsp3) is 0.700. The summed E-state index contributed by atoms with van der Waals surface area (Å²) in [6.45, 7) is 20.7. The first-order valence-corrected chi connectivity index (χ1v) is 8.80. The van der Waals surface area contributed by atoms with E-state index in [9.17, 15) is 0 Å². The Labute approximate surface area is 131 Å². The number of rotatable bonds is 3. The molecule has 122 valence electrons. The topological polar surface area (TPSA) is 0 Å². The Kier molecular flexibility index (Phi) is 42.6. The van der Waals surface area contributed by atoms with Crippen LogP contribution in [-0.2, 0) is 6.42 Å². The molecule has 0 fully saturated rings. The number of unbranched alkanes of at least 4 members (excludes halogenated alkanes) is 1. The lowest BCUT2D eigenvalue weighted by molar-refractivity contribution is 0.886. The monoisotopic (exact) mass is 282 g/mol. The average Bonchev–Trinajstić information content (AvgIpc) is 2.54. The summed E-state index contributed by atoms with van der Waals surface area (Å²) in [4.78, 5) is 0. The maximum atomic E-state index is 2.25. The minimum Gasteiger partial charge on any atom is -0.0683 e. The molecule has 0 nitrogen and oxygen atoms in total. The van der Waals surface area contributed by atoms with Crippen molar-refractivity contribution in [3.63, 3.8) is 0 Å². The van der Waals surface area contributed by atoms with E-state index >= 15 is 0 Å². The lowest BCUT2D eigenvalue weighted by Crippen LogP contribution is -1.82. The van der Waals surface area contributed by atoms with Gasteiger partial charge in [0.1, 0.15) is 0 Å². The fourth-order valence-electron chi connectivity index (χ4n) is 1.16. The van der Waals surface area contributed by atoms with E-state index in [1.807, 2.05) is 41.5 Å². The van der Waals surface area contributed by atoms with Gasteiger partial charge in [-0.1, -0.05) is 111 Å². The third-order valence-electron chi connectivity index (χ3n) is 2.12. The Morgan fingerprint density at radius 3 is 1.45 bits per heavy atom. The molecule has 1 aromatic rings. The van der Waals surface area contributed by atoms with Crippen molar-refractivity contribution in [3.8, 4) is 0 Å².